The van der Waals surface area contributed by atoms with Gasteiger partial charge in [0.15, 0.2) is 0 Å². The van der Waals surface area contributed by atoms with Gasteiger partial charge in [-0.1, -0.05) is 24.3 Å². The molecule has 0 aliphatic heterocycles. The van der Waals surface area contributed by atoms with Gasteiger partial charge in [-0.3, -0.25) is 0 Å². The van der Waals surface area contributed by atoms with Gasteiger partial charge < -0.3 is 4.79 Å². The van der Waals surface area contributed by atoms with Crippen molar-refractivity contribution in [3.8, 4) is 11.1 Å². The fourth-order valence-corrected chi connectivity index (χ4v) is 1.68. The third kappa shape index (κ3) is 2.97. The Bertz CT molecular complexity index is 508. The first-order valence-corrected chi connectivity index (χ1v) is 5.44. The van der Waals surface area contributed by atoms with Gasteiger partial charge in [0.1, 0.15) is 6.29 Å². The first-order valence-electron chi connectivity index (χ1n) is 5.44. The Morgan fingerprint density at radius 3 is 2.76 bits per heavy atom. The van der Waals surface area contributed by atoms with E-state index in [1.54, 1.807) is 6.07 Å². The Kier molecular flexibility index (Phi) is 3.60. The van der Waals surface area contributed by atoms with Gasteiger partial charge in [-0.2, -0.15) is 4.39 Å². The number of carbonyl (C=O) groups is 1. The fourth-order valence-electron chi connectivity index (χ4n) is 1.68. The van der Waals surface area contributed by atoms with E-state index in [1.807, 2.05) is 24.3 Å². The number of hydrogen-bond donors (Lipinski definition) is 0. The molecule has 0 spiro atoms. The summed E-state index contributed by atoms with van der Waals surface area (Å²) in [5, 5.41) is 0. The number of hydrogen-bond acceptors (Lipinski definition) is 2. The normalized spacial score (nSPS) is 10.2. The van der Waals surface area contributed by atoms with Crippen LogP contribution in [-0.4, -0.2) is 11.3 Å². The molecule has 0 bridgehead atoms. The number of nitrogens with zero attached hydrogens (tertiary/aromatic N) is 1. The maximum Gasteiger partial charge on any atom is 0.212 e. The third-order valence-corrected chi connectivity index (χ3v) is 2.54. The molecule has 0 unspecified atom stereocenters. The highest BCUT2D eigenvalue weighted by Gasteiger charge is 2.00. The Labute approximate surface area is 99.1 Å². The van der Waals surface area contributed by atoms with Crippen LogP contribution >= 0.6 is 0 Å². The van der Waals surface area contributed by atoms with Crippen LogP contribution < -0.4 is 0 Å². The minimum atomic E-state index is -0.481. The van der Waals surface area contributed by atoms with Crippen molar-refractivity contribution in [2.45, 2.75) is 12.8 Å². The summed E-state index contributed by atoms with van der Waals surface area (Å²) >= 11 is 0. The third-order valence-electron chi connectivity index (χ3n) is 2.54. The minimum absolute atomic E-state index is 0.481. The van der Waals surface area contributed by atoms with Crippen LogP contribution in [0.15, 0.2) is 42.6 Å². The van der Waals surface area contributed by atoms with Crippen LogP contribution in [0.1, 0.15) is 12.0 Å². The molecular weight excluding hydrogens is 217 g/mol. The molecule has 0 N–H and O–H groups in total. The SMILES string of the molecule is O=CCCc1cccc(-c2ccc(F)nc2)c1. The molecule has 0 atom stereocenters. The fraction of sp³-hybridized carbons (Fsp3) is 0.143. The molecule has 0 fully saturated rings. The van der Waals surface area contributed by atoms with E-state index < -0.39 is 5.95 Å². The van der Waals surface area contributed by atoms with E-state index in [9.17, 15) is 9.18 Å². The summed E-state index contributed by atoms with van der Waals surface area (Å²) in [5.41, 5.74) is 2.96. The number of benzene rings is 1. The van der Waals surface area contributed by atoms with Crippen LogP contribution in [0.2, 0.25) is 0 Å². The summed E-state index contributed by atoms with van der Waals surface area (Å²) in [7, 11) is 0. The van der Waals surface area contributed by atoms with Gasteiger partial charge in [0.2, 0.25) is 5.95 Å². The highest BCUT2D eigenvalue weighted by molar-refractivity contribution is 5.63. The Hall–Kier alpha value is -2.03. The van der Waals surface area contributed by atoms with Crippen molar-refractivity contribution < 1.29 is 9.18 Å². The van der Waals surface area contributed by atoms with Crippen molar-refractivity contribution in [3.05, 3.63) is 54.1 Å². The quantitative estimate of drug-likeness (QED) is 0.596. The molecular formula is C14H12FNO. The molecule has 1 heterocycles. The predicted octanol–water partition coefficient (Wildman–Crippen LogP) is 3.02. The number of aryl methyl sites for hydroxylation is 1. The summed E-state index contributed by atoms with van der Waals surface area (Å²) in [6.45, 7) is 0. The van der Waals surface area contributed by atoms with E-state index in [0.717, 1.165) is 29.4 Å². The predicted molar refractivity (Wildman–Crippen MR) is 64.0 cm³/mol. The number of aromatic nitrogens is 1. The van der Waals surface area contributed by atoms with Gasteiger partial charge in [-0.05, 0) is 29.7 Å². The zero-order valence-electron chi connectivity index (χ0n) is 9.27. The van der Waals surface area contributed by atoms with Crippen molar-refractivity contribution in [2.75, 3.05) is 0 Å². The second-order valence-corrected chi connectivity index (χ2v) is 3.78. The second-order valence-electron chi connectivity index (χ2n) is 3.78. The number of pyridine rings is 1. The van der Waals surface area contributed by atoms with Crippen LogP contribution in [0, 0.1) is 5.95 Å². The molecule has 3 heteroatoms. The zero-order chi connectivity index (χ0) is 12.1. The van der Waals surface area contributed by atoms with Crippen molar-refractivity contribution >= 4 is 6.29 Å². The molecule has 86 valence electrons. The maximum atomic E-state index is 12.7. The lowest BCUT2D eigenvalue weighted by atomic mass is 10.0. The van der Waals surface area contributed by atoms with Crippen molar-refractivity contribution in [3.63, 3.8) is 0 Å². The average Bonchev–Trinajstić information content (AvgIpc) is 2.37. The minimum Gasteiger partial charge on any atom is -0.303 e. The molecule has 0 aliphatic carbocycles. The van der Waals surface area contributed by atoms with Crippen molar-refractivity contribution in [2.24, 2.45) is 0 Å². The molecule has 2 nitrogen and oxygen atoms in total. The molecule has 17 heavy (non-hydrogen) atoms. The molecule has 2 aromatic rings. The van der Waals surface area contributed by atoms with Gasteiger partial charge in [-0.25, -0.2) is 4.98 Å². The number of aldehydes is 1. The lowest BCUT2D eigenvalue weighted by Crippen LogP contribution is -1.88. The lowest BCUT2D eigenvalue weighted by molar-refractivity contribution is -0.107. The average molecular weight is 229 g/mol. The van der Waals surface area contributed by atoms with Crippen LogP contribution in [0.25, 0.3) is 11.1 Å². The molecule has 0 radical (unpaired) electrons. The largest absolute Gasteiger partial charge is 0.303 e. The van der Waals surface area contributed by atoms with Crippen LogP contribution in [0.3, 0.4) is 0 Å². The highest BCUT2D eigenvalue weighted by Crippen LogP contribution is 2.20. The lowest BCUT2D eigenvalue weighted by Gasteiger charge is -2.04. The van der Waals surface area contributed by atoms with Gasteiger partial charge in [0.05, 0.1) is 0 Å². The highest BCUT2D eigenvalue weighted by atomic mass is 19.1. The summed E-state index contributed by atoms with van der Waals surface area (Å²) in [6.07, 6.45) is 3.66. The van der Waals surface area contributed by atoms with E-state index in [0.29, 0.717) is 6.42 Å². The van der Waals surface area contributed by atoms with Crippen LogP contribution in [-0.2, 0) is 11.2 Å². The van der Waals surface area contributed by atoms with Crippen LogP contribution in [0.5, 0.6) is 0 Å². The molecule has 0 amide bonds. The van der Waals surface area contributed by atoms with Gasteiger partial charge in [0, 0.05) is 18.2 Å². The van der Waals surface area contributed by atoms with Crippen LogP contribution in [0.4, 0.5) is 4.39 Å². The first-order chi connectivity index (χ1) is 8.29. The summed E-state index contributed by atoms with van der Waals surface area (Å²) in [6, 6.07) is 10.9. The van der Waals surface area contributed by atoms with Gasteiger partial charge in [0.25, 0.3) is 0 Å². The van der Waals surface area contributed by atoms with Crippen molar-refractivity contribution in [1.29, 1.82) is 0 Å². The monoisotopic (exact) mass is 229 g/mol. The summed E-state index contributed by atoms with van der Waals surface area (Å²) in [4.78, 5) is 13.9. The smallest absolute Gasteiger partial charge is 0.212 e. The second kappa shape index (κ2) is 5.34. The summed E-state index contributed by atoms with van der Waals surface area (Å²) in [5.74, 6) is -0.481. The molecule has 0 saturated heterocycles. The van der Waals surface area contributed by atoms with E-state index in [1.165, 1.54) is 12.3 Å². The van der Waals surface area contributed by atoms with Crippen molar-refractivity contribution in [1.82, 2.24) is 4.98 Å². The summed E-state index contributed by atoms with van der Waals surface area (Å²) < 4.78 is 12.7. The standard InChI is InChI=1S/C14H12FNO/c15-14-7-6-13(10-16-14)12-5-1-3-11(9-12)4-2-8-17/h1,3,5-10H,2,4H2. The Balaban J connectivity index is 2.26. The maximum absolute atomic E-state index is 12.7. The number of carbonyl (C=O) groups excluding carboxylic acids is 1. The van der Waals surface area contributed by atoms with E-state index in [2.05, 4.69) is 4.98 Å². The zero-order valence-corrected chi connectivity index (χ0v) is 9.27. The Morgan fingerprint density at radius 2 is 2.06 bits per heavy atom. The first kappa shape index (κ1) is 11.5. The van der Waals surface area contributed by atoms with Gasteiger partial charge in [-0.15, -0.1) is 0 Å². The molecule has 0 saturated carbocycles. The van der Waals surface area contributed by atoms with E-state index in [-0.39, 0.29) is 0 Å². The number of rotatable bonds is 4. The molecule has 2 rings (SSSR count). The topological polar surface area (TPSA) is 30.0 Å². The van der Waals surface area contributed by atoms with Gasteiger partial charge >= 0.3 is 0 Å². The van der Waals surface area contributed by atoms with E-state index in [4.69, 9.17) is 0 Å². The molecule has 1 aromatic heterocycles. The molecule has 1 aromatic carbocycles. The van der Waals surface area contributed by atoms with E-state index >= 15 is 0 Å². The Morgan fingerprint density at radius 1 is 1.18 bits per heavy atom. The molecule has 0 aliphatic rings. The number of halogens is 1.